The molecule has 1 aliphatic heterocycles. The molecular formula is C42H26S2Si. The minimum Gasteiger partial charge on any atom is -0.135 e. The Morgan fingerprint density at radius 1 is 0.333 bits per heavy atom. The predicted molar refractivity (Wildman–Crippen MR) is 200 cm³/mol. The summed E-state index contributed by atoms with van der Waals surface area (Å²) < 4.78 is 5.44. The highest BCUT2D eigenvalue weighted by atomic mass is 32.1. The molecule has 0 nitrogen and oxygen atoms in total. The van der Waals surface area contributed by atoms with Gasteiger partial charge in [0.05, 0.1) is 0 Å². The van der Waals surface area contributed by atoms with Crippen LogP contribution in [0.25, 0.3) is 62.6 Å². The van der Waals surface area contributed by atoms with E-state index in [-0.39, 0.29) is 0 Å². The van der Waals surface area contributed by atoms with Gasteiger partial charge in [0.2, 0.25) is 0 Å². The van der Waals surface area contributed by atoms with Crippen molar-refractivity contribution in [1.82, 2.24) is 0 Å². The zero-order chi connectivity index (χ0) is 29.5. The largest absolute Gasteiger partial charge is 0.180 e. The van der Waals surface area contributed by atoms with Crippen molar-refractivity contribution in [2.24, 2.45) is 0 Å². The quantitative estimate of drug-likeness (QED) is 0.172. The van der Waals surface area contributed by atoms with Gasteiger partial charge in [-0.1, -0.05) is 121 Å². The highest BCUT2D eigenvalue weighted by molar-refractivity contribution is 7.27. The van der Waals surface area contributed by atoms with Crippen LogP contribution in [-0.4, -0.2) is 8.07 Å². The minimum absolute atomic E-state index is 1.28. The monoisotopic (exact) mass is 622 g/mol. The lowest BCUT2D eigenvalue weighted by Gasteiger charge is -2.31. The summed E-state index contributed by atoms with van der Waals surface area (Å²) in [5, 5.41) is 11.3. The first-order valence-corrected chi connectivity index (χ1v) is 19.1. The lowest BCUT2D eigenvalue weighted by Crippen LogP contribution is -2.72. The molecule has 0 radical (unpaired) electrons. The van der Waals surface area contributed by atoms with E-state index >= 15 is 0 Å². The predicted octanol–water partition coefficient (Wildman–Crippen LogP) is 9.45. The highest BCUT2D eigenvalue weighted by Gasteiger charge is 2.48. The van der Waals surface area contributed by atoms with Crippen molar-refractivity contribution in [3.8, 4) is 22.3 Å². The Morgan fingerprint density at radius 3 is 1.62 bits per heavy atom. The summed E-state index contributed by atoms with van der Waals surface area (Å²) >= 11 is 3.81. The van der Waals surface area contributed by atoms with E-state index in [0.717, 1.165) is 0 Å². The number of hydrogen-bond donors (Lipinski definition) is 0. The first-order chi connectivity index (χ1) is 22.3. The SMILES string of the molecule is c1ccc([Si]2(c3ccccc3)c3ccccc3-c3cc(-c4ccc5sc6cc7c(cc6c5c4)sc4ccccc47)ccc32)cc1. The van der Waals surface area contributed by atoms with Gasteiger partial charge < -0.3 is 0 Å². The molecule has 7 aromatic carbocycles. The van der Waals surface area contributed by atoms with Crippen LogP contribution in [0.1, 0.15) is 0 Å². The molecule has 0 amide bonds. The van der Waals surface area contributed by atoms with E-state index in [4.69, 9.17) is 0 Å². The topological polar surface area (TPSA) is 0 Å². The van der Waals surface area contributed by atoms with Gasteiger partial charge in [0.25, 0.3) is 0 Å². The van der Waals surface area contributed by atoms with Crippen LogP contribution in [0.3, 0.4) is 0 Å². The van der Waals surface area contributed by atoms with Crippen LogP contribution in [0.15, 0.2) is 158 Å². The molecule has 45 heavy (non-hydrogen) atoms. The van der Waals surface area contributed by atoms with Crippen LogP contribution in [0.4, 0.5) is 0 Å². The molecule has 0 aliphatic carbocycles. The van der Waals surface area contributed by atoms with Crippen molar-refractivity contribution in [2.45, 2.75) is 0 Å². The van der Waals surface area contributed by atoms with E-state index in [2.05, 4.69) is 158 Å². The van der Waals surface area contributed by atoms with Gasteiger partial charge in [-0.25, -0.2) is 0 Å². The van der Waals surface area contributed by atoms with Crippen LogP contribution in [0, 0.1) is 0 Å². The number of benzene rings is 7. The summed E-state index contributed by atoms with van der Waals surface area (Å²) in [7, 11) is -2.46. The summed E-state index contributed by atoms with van der Waals surface area (Å²) in [6.07, 6.45) is 0. The van der Waals surface area contributed by atoms with Gasteiger partial charge in [-0.2, -0.15) is 0 Å². The Bertz CT molecular complexity index is 2550. The van der Waals surface area contributed by atoms with Crippen molar-refractivity contribution < 1.29 is 0 Å². The standard InChI is InChI=1S/C42H26S2Si/c1-3-11-29(12-4-1)45(30-13-5-2-6-14-30)41-18-10-8-16-32(41)36-24-28(20-22-42(36)45)27-19-21-38-33(23-27)35-26-39-34(25-40(35)44-38)31-15-7-9-17-37(31)43-39/h1-26H. The second-order valence-corrected chi connectivity index (χ2v) is 17.9. The van der Waals surface area contributed by atoms with E-state index in [9.17, 15) is 0 Å². The molecule has 0 saturated carbocycles. The Hall–Kier alpha value is -4.80. The van der Waals surface area contributed by atoms with Gasteiger partial charge in [-0.15, -0.1) is 22.7 Å². The van der Waals surface area contributed by atoms with E-state index in [1.54, 1.807) is 0 Å². The van der Waals surface area contributed by atoms with Crippen LogP contribution < -0.4 is 20.7 Å². The molecule has 1 aliphatic rings. The fourth-order valence-electron chi connectivity index (χ4n) is 7.80. The molecule has 0 bridgehead atoms. The van der Waals surface area contributed by atoms with Gasteiger partial charge >= 0.3 is 0 Å². The molecule has 10 rings (SSSR count). The van der Waals surface area contributed by atoms with Gasteiger partial charge in [-0.05, 0) is 79.4 Å². The summed E-state index contributed by atoms with van der Waals surface area (Å²) in [6.45, 7) is 0. The number of thiophene rings is 2. The molecule has 0 fully saturated rings. The van der Waals surface area contributed by atoms with Crippen molar-refractivity contribution >= 4 is 91.8 Å². The fourth-order valence-corrected chi connectivity index (χ4v) is 15.2. The third kappa shape index (κ3) is 3.57. The maximum Gasteiger partial charge on any atom is 0.180 e. The van der Waals surface area contributed by atoms with Crippen molar-refractivity contribution in [3.05, 3.63) is 158 Å². The average Bonchev–Trinajstić information content (AvgIpc) is 3.75. The first kappa shape index (κ1) is 25.5. The Balaban J connectivity index is 1.19. The van der Waals surface area contributed by atoms with Gasteiger partial charge in [0, 0.05) is 40.3 Å². The highest BCUT2D eigenvalue weighted by Crippen LogP contribution is 2.43. The van der Waals surface area contributed by atoms with E-state index in [1.807, 2.05) is 22.7 Å². The van der Waals surface area contributed by atoms with Gasteiger partial charge in [0.15, 0.2) is 8.07 Å². The Labute approximate surface area is 270 Å². The van der Waals surface area contributed by atoms with Crippen molar-refractivity contribution in [1.29, 1.82) is 0 Å². The molecule has 210 valence electrons. The lowest BCUT2D eigenvalue weighted by atomic mass is 9.98. The summed E-state index contributed by atoms with van der Waals surface area (Å²) in [6, 6.07) is 59.6. The molecule has 3 heterocycles. The molecular weight excluding hydrogens is 597 g/mol. The third-order valence-corrected chi connectivity index (χ3v) is 16.9. The maximum atomic E-state index is 2.47. The molecule has 3 heteroatoms. The zero-order valence-corrected chi connectivity index (χ0v) is 27.0. The van der Waals surface area contributed by atoms with Crippen LogP contribution in [0.2, 0.25) is 0 Å². The number of hydrogen-bond acceptors (Lipinski definition) is 2. The van der Waals surface area contributed by atoms with Gasteiger partial charge in [-0.3, -0.25) is 0 Å². The smallest absolute Gasteiger partial charge is 0.135 e. The lowest BCUT2D eigenvalue weighted by molar-refractivity contribution is 1.66. The fraction of sp³-hybridized carbons (Fsp3) is 0. The minimum atomic E-state index is -2.46. The first-order valence-electron chi connectivity index (χ1n) is 15.4. The maximum absolute atomic E-state index is 2.47. The number of rotatable bonds is 3. The molecule has 2 aromatic heterocycles. The second kappa shape index (κ2) is 9.60. The summed E-state index contributed by atoms with van der Waals surface area (Å²) in [5.74, 6) is 0. The third-order valence-electron chi connectivity index (χ3n) is 9.76. The second-order valence-electron chi connectivity index (χ2n) is 12.0. The summed E-state index contributed by atoms with van der Waals surface area (Å²) in [4.78, 5) is 0. The molecule has 0 saturated heterocycles. The molecule has 0 spiro atoms. The Kier molecular flexibility index (Phi) is 5.44. The van der Waals surface area contributed by atoms with E-state index in [0.29, 0.717) is 0 Å². The van der Waals surface area contributed by atoms with Crippen LogP contribution in [-0.2, 0) is 0 Å². The van der Waals surface area contributed by atoms with Crippen LogP contribution >= 0.6 is 22.7 Å². The Morgan fingerprint density at radius 2 is 0.867 bits per heavy atom. The molecule has 0 atom stereocenters. The average molecular weight is 623 g/mol. The van der Waals surface area contributed by atoms with Gasteiger partial charge in [0.1, 0.15) is 0 Å². The summed E-state index contributed by atoms with van der Waals surface area (Å²) in [5.41, 5.74) is 5.31. The normalized spacial score (nSPS) is 13.5. The molecule has 0 unspecified atom stereocenters. The van der Waals surface area contributed by atoms with Crippen molar-refractivity contribution in [3.63, 3.8) is 0 Å². The van der Waals surface area contributed by atoms with Crippen molar-refractivity contribution in [2.75, 3.05) is 0 Å². The molecule has 9 aromatic rings. The van der Waals surface area contributed by atoms with Crippen LogP contribution in [0.5, 0.6) is 0 Å². The van der Waals surface area contributed by atoms with E-state index < -0.39 is 8.07 Å². The number of fused-ring (bicyclic) bond motifs is 9. The zero-order valence-electron chi connectivity index (χ0n) is 24.3. The van der Waals surface area contributed by atoms with E-state index in [1.165, 1.54) is 83.3 Å². The molecule has 0 N–H and O–H groups in total.